The average molecular weight is 383 g/mol. The van der Waals surface area contributed by atoms with Gasteiger partial charge in [-0.1, -0.05) is 18.2 Å². The number of nitrogens with one attached hydrogen (secondary N) is 1. The van der Waals surface area contributed by atoms with Crippen molar-refractivity contribution in [2.45, 2.75) is 6.42 Å². The van der Waals surface area contributed by atoms with E-state index < -0.39 is 0 Å². The van der Waals surface area contributed by atoms with Gasteiger partial charge in [-0.05, 0) is 36.4 Å². The number of ether oxygens (including phenoxy) is 2. The van der Waals surface area contributed by atoms with Crippen LogP contribution in [0.4, 0.5) is 11.4 Å². The van der Waals surface area contributed by atoms with Crippen molar-refractivity contribution >= 4 is 17.3 Å². The molecule has 2 aromatic rings. The highest BCUT2D eigenvalue weighted by molar-refractivity contribution is 5.90. The number of hydrogen-bond donors (Lipinski definition) is 1. The Balaban J connectivity index is 1.40. The molecule has 1 N–H and O–H groups in total. The Morgan fingerprint density at radius 3 is 2.36 bits per heavy atom. The first-order valence-corrected chi connectivity index (χ1v) is 9.78. The van der Waals surface area contributed by atoms with E-state index in [9.17, 15) is 4.79 Å². The molecule has 0 atom stereocenters. The molecular weight excluding hydrogens is 354 g/mol. The molecule has 1 aliphatic rings. The fourth-order valence-electron chi connectivity index (χ4n) is 3.21. The molecule has 0 bridgehead atoms. The number of carbonyl (C=O) groups is 1. The maximum atomic E-state index is 12.1. The summed E-state index contributed by atoms with van der Waals surface area (Å²) in [7, 11) is 1.74. The summed E-state index contributed by atoms with van der Waals surface area (Å²) in [5, 5.41) is 2.93. The summed E-state index contributed by atoms with van der Waals surface area (Å²) in [4.78, 5) is 16.9. The van der Waals surface area contributed by atoms with Crippen molar-refractivity contribution in [2.75, 3.05) is 63.3 Å². The van der Waals surface area contributed by atoms with Crippen LogP contribution < -0.4 is 15.0 Å². The van der Waals surface area contributed by atoms with Gasteiger partial charge in [-0.25, -0.2) is 0 Å². The molecule has 28 heavy (non-hydrogen) atoms. The molecule has 2 aromatic carbocycles. The zero-order chi connectivity index (χ0) is 19.6. The van der Waals surface area contributed by atoms with Gasteiger partial charge in [-0.3, -0.25) is 9.69 Å². The van der Waals surface area contributed by atoms with Crippen LogP contribution in [0.2, 0.25) is 0 Å². The first-order valence-electron chi connectivity index (χ1n) is 9.78. The van der Waals surface area contributed by atoms with E-state index in [1.54, 1.807) is 7.11 Å². The third-order valence-corrected chi connectivity index (χ3v) is 4.84. The van der Waals surface area contributed by atoms with Crippen molar-refractivity contribution in [2.24, 2.45) is 0 Å². The zero-order valence-corrected chi connectivity index (χ0v) is 16.5. The quantitative estimate of drug-likeness (QED) is 0.722. The van der Waals surface area contributed by atoms with Gasteiger partial charge in [-0.15, -0.1) is 0 Å². The van der Waals surface area contributed by atoms with Crippen LogP contribution in [0, 0.1) is 0 Å². The SMILES string of the molecule is COCCN1CCN(c2ccc(NC(=O)CCOc3ccccc3)cc2)CC1. The van der Waals surface area contributed by atoms with Gasteiger partial charge in [0.1, 0.15) is 5.75 Å². The fourth-order valence-corrected chi connectivity index (χ4v) is 3.21. The van der Waals surface area contributed by atoms with Crippen LogP contribution in [-0.2, 0) is 9.53 Å². The monoisotopic (exact) mass is 383 g/mol. The minimum Gasteiger partial charge on any atom is -0.493 e. The highest BCUT2D eigenvalue weighted by Gasteiger charge is 2.16. The second-order valence-corrected chi connectivity index (χ2v) is 6.83. The Hall–Kier alpha value is -2.57. The number of hydrogen-bond acceptors (Lipinski definition) is 5. The Kier molecular flexibility index (Phi) is 7.70. The molecule has 6 heteroatoms. The van der Waals surface area contributed by atoms with Gasteiger partial charge in [0.25, 0.3) is 0 Å². The van der Waals surface area contributed by atoms with Gasteiger partial charge >= 0.3 is 0 Å². The molecule has 6 nitrogen and oxygen atoms in total. The van der Waals surface area contributed by atoms with E-state index in [0.717, 1.165) is 50.8 Å². The van der Waals surface area contributed by atoms with E-state index in [4.69, 9.17) is 9.47 Å². The number of nitrogens with zero attached hydrogens (tertiary/aromatic N) is 2. The molecule has 1 amide bonds. The number of rotatable bonds is 9. The van der Waals surface area contributed by atoms with Crippen LogP contribution in [-0.4, -0.2) is 63.9 Å². The molecule has 1 saturated heterocycles. The zero-order valence-electron chi connectivity index (χ0n) is 16.5. The van der Waals surface area contributed by atoms with Gasteiger partial charge < -0.3 is 19.7 Å². The Bertz CT molecular complexity index is 714. The summed E-state index contributed by atoms with van der Waals surface area (Å²) in [6, 6.07) is 17.6. The molecule has 150 valence electrons. The Labute approximate surface area is 167 Å². The summed E-state index contributed by atoms with van der Waals surface area (Å²) in [5.74, 6) is 0.734. The molecule has 1 heterocycles. The lowest BCUT2D eigenvalue weighted by molar-refractivity contribution is -0.116. The van der Waals surface area contributed by atoms with Crippen LogP contribution in [0.15, 0.2) is 54.6 Å². The molecule has 0 unspecified atom stereocenters. The van der Waals surface area contributed by atoms with Crippen LogP contribution >= 0.6 is 0 Å². The standard InChI is InChI=1S/C22H29N3O3/c1-27-18-16-24-12-14-25(15-13-24)20-9-7-19(8-10-20)23-22(26)11-17-28-21-5-3-2-4-6-21/h2-10H,11-18H2,1H3,(H,23,26). The normalized spacial score (nSPS) is 14.7. The third-order valence-electron chi connectivity index (χ3n) is 4.84. The highest BCUT2D eigenvalue weighted by Crippen LogP contribution is 2.19. The summed E-state index contributed by atoms with van der Waals surface area (Å²) < 4.78 is 10.7. The fraction of sp³-hybridized carbons (Fsp3) is 0.409. The third kappa shape index (κ3) is 6.25. The van der Waals surface area contributed by atoms with E-state index in [1.165, 1.54) is 5.69 Å². The Morgan fingerprint density at radius 1 is 0.964 bits per heavy atom. The minimum atomic E-state index is -0.0459. The van der Waals surface area contributed by atoms with E-state index in [-0.39, 0.29) is 5.91 Å². The molecule has 1 aliphatic heterocycles. The molecule has 0 spiro atoms. The van der Waals surface area contributed by atoms with Crippen LogP contribution in [0.5, 0.6) is 5.75 Å². The van der Waals surface area contributed by atoms with Crippen molar-refractivity contribution in [3.05, 3.63) is 54.6 Å². The molecular formula is C22H29N3O3. The van der Waals surface area contributed by atoms with Crippen molar-refractivity contribution < 1.29 is 14.3 Å². The van der Waals surface area contributed by atoms with Crippen molar-refractivity contribution in [3.8, 4) is 5.75 Å². The first-order chi connectivity index (χ1) is 13.7. The van der Waals surface area contributed by atoms with Crippen LogP contribution in [0.1, 0.15) is 6.42 Å². The maximum absolute atomic E-state index is 12.1. The van der Waals surface area contributed by atoms with Gasteiger partial charge in [0.15, 0.2) is 0 Å². The van der Waals surface area contributed by atoms with E-state index in [2.05, 4.69) is 27.2 Å². The lowest BCUT2D eigenvalue weighted by atomic mass is 10.2. The molecule has 0 radical (unpaired) electrons. The summed E-state index contributed by atoms with van der Waals surface area (Å²) in [6.07, 6.45) is 0.320. The van der Waals surface area contributed by atoms with Crippen molar-refractivity contribution in [1.29, 1.82) is 0 Å². The number of para-hydroxylation sites is 1. The molecule has 1 fully saturated rings. The van der Waals surface area contributed by atoms with E-state index in [1.807, 2.05) is 42.5 Å². The summed E-state index contributed by atoms with van der Waals surface area (Å²) in [5.41, 5.74) is 2.00. The topological polar surface area (TPSA) is 54.0 Å². The second-order valence-electron chi connectivity index (χ2n) is 6.83. The number of amides is 1. The molecule has 3 rings (SSSR count). The number of carbonyl (C=O) groups excluding carboxylic acids is 1. The van der Waals surface area contributed by atoms with Gasteiger partial charge in [-0.2, -0.15) is 0 Å². The molecule has 0 aromatic heterocycles. The molecule has 0 aliphatic carbocycles. The van der Waals surface area contributed by atoms with Crippen molar-refractivity contribution in [3.63, 3.8) is 0 Å². The number of piperazine rings is 1. The highest BCUT2D eigenvalue weighted by atomic mass is 16.5. The summed E-state index contributed by atoms with van der Waals surface area (Å²) in [6.45, 7) is 6.24. The predicted molar refractivity (Wildman–Crippen MR) is 112 cm³/mol. The van der Waals surface area contributed by atoms with Gasteiger partial charge in [0, 0.05) is 51.2 Å². The number of benzene rings is 2. The largest absolute Gasteiger partial charge is 0.493 e. The smallest absolute Gasteiger partial charge is 0.227 e. The second kappa shape index (κ2) is 10.7. The lowest BCUT2D eigenvalue weighted by Gasteiger charge is -2.36. The Morgan fingerprint density at radius 2 is 1.68 bits per heavy atom. The van der Waals surface area contributed by atoms with Crippen LogP contribution in [0.25, 0.3) is 0 Å². The lowest BCUT2D eigenvalue weighted by Crippen LogP contribution is -2.47. The average Bonchev–Trinajstić information content (AvgIpc) is 2.74. The first kappa shape index (κ1) is 20.2. The number of methoxy groups -OCH3 is 1. The summed E-state index contributed by atoms with van der Waals surface area (Å²) >= 11 is 0. The maximum Gasteiger partial charge on any atom is 0.227 e. The van der Waals surface area contributed by atoms with Crippen molar-refractivity contribution in [1.82, 2.24) is 4.90 Å². The minimum absolute atomic E-state index is 0.0459. The molecule has 0 saturated carbocycles. The van der Waals surface area contributed by atoms with E-state index in [0.29, 0.717) is 13.0 Å². The number of anilines is 2. The van der Waals surface area contributed by atoms with E-state index >= 15 is 0 Å². The van der Waals surface area contributed by atoms with Crippen LogP contribution in [0.3, 0.4) is 0 Å². The van der Waals surface area contributed by atoms with Gasteiger partial charge in [0.2, 0.25) is 5.91 Å². The predicted octanol–water partition coefficient (Wildman–Crippen LogP) is 2.86. The van der Waals surface area contributed by atoms with Gasteiger partial charge in [0.05, 0.1) is 19.6 Å².